The van der Waals surface area contributed by atoms with Gasteiger partial charge in [0.25, 0.3) is 0 Å². The molecule has 0 bridgehead atoms. The molecule has 158 valence electrons. The molecular formula is C17H25F3IN5OS. The van der Waals surface area contributed by atoms with Crippen LogP contribution >= 0.6 is 35.3 Å². The van der Waals surface area contributed by atoms with Crippen molar-refractivity contribution in [1.82, 2.24) is 20.8 Å². The van der Waals surface area contributed by atoms with Crippen molar-refractivity contribution < 1.29 is 17.7 Å². The molecule has 0 aliphatic rings. The monoisotopic (exact) mass is 531 g/mol. The Morgan fingerprint density at radius 2 is 1.96 bits per heavy atom. The molecule has 2 heterocycles. The molecule has 6 nitrogen and oxygen atoms in total. The standard InChI is InChI=1S/C17H24F3N5OS.HI/c1-4-12-11(13(5-2)26-25-12)9-23-16(21-6-3)22-8-7-15-24-14(10-27-15)17(18,19)20;/h10H,4-9H2,1-3H3,(H2,21,22,23);1H. The largest absolute Gasteiger partial charge is 0.434 e. The highest BCUT2D eigenvalue weighted by molar-refractivity contribution is 14.0. The third-order valence-electron chi connectivity index (χ3n) is 3.82. The number of guanidine groups is 1. The molecule has 0 aromatic carbocycles. The van der Waals surface area contributed by atoms with Crippen LogP contribution in [0.25, 0.3) is 0 Å². The van der Waals surface area contributed by atoms with E-state index in [1.54, 1.807) is 0 Å². The number of aliphatic imine (C=N–C) groups is 1. The van der Waals surface area contributed by atoms with E-state index < -0.39 is 11.9 Å². The average Bonchev–Trinajstić information content (AvgIpc) is 3.25. The number of nitrogens with zero attached hydrogens (tertiary/aromatic N) is 3. The molecule has 0 unspecified atom stereocenters. The predicted molar refractivity (Wildman–Crippen MR) is 114 cm³/mol. The molecule has 0 aliphatic carbocycles. The summed E-state index contributed by atoms with van der Waals surface area (Å²) in [4.78, 5) is 8.18. The van der Waals surface area contributed by atoms with E-state index in [1.165, 1.54) is 0 Å². The summed E-state index contributed by atoms with van der Waals surface area (Å²) in [7, 11) is 0. The maximum absolute atomic E-state index is 12.6. The molecule has 0 radical (unpaired) electrons. The molecule has 11 heteroatoms. The van der Waals surface area contributed by atoms with Gasteiger partial charge in [-0.25, -0.2) is 9.98 Å². The zero-order valence-corrected chi connectivity index (χ0v) is 19.2. The lowest BCUT2D eigenvalue weighted by molar-refractivity contribution is -0.140. The molecule has 0 amide bonds. The topological polar surface area (TPSA) is 75.3 Å². The molecule has 0 spiro atoms. The highest BCUT2D eigenvalue weighted by Crippen LogP contribution is 2.30. The zero-order chi connectivity index (χ0) is 19.9. The van der Waals surface area contributed by atoms with Gasteiger partial charge in [-0.15, -0.1) is 35.3 Å². The predicted octanol–water partition coefficient (Wildman–Crippen LogP) is 4.19. The van der Waals surface area contributed by atoms with Gasteiger partial charge in [0.2, 0.25) is 0 Å². The van der Waals surface area contributed by atoms with Gasteiger partial charge in [-0.1, -0.05) is 19.0 Å². The van der Waals surface area contributed by atoms with Gasteiger partial charge in [0.1, 0.15) is 5.76 Å². The maximum Gasteiger partial charge on any atom is 0.434 e. The van der Waals surface area contributed by atoms with Crippen LogP contribution in [0, 0.1) is 0 Å². The quantitative estimate of drug-likeness (QED) is 0.304. The Morgan fingerprint density at radius 3 is 2.54 bits per heavy atom. The summed E-state index contributed by atoms with van der Waals surface area (Å²) in [6, 6.07) is 0. The van der Waals surface area contributed by atoms with E-state index in [4.69, 9.17) is 4.52 Å². The van der Waals surface area contributed by atoms with Crippen molar-refractivity contribution in [2.75, 3.05) is 13.1 Å². The number of aromatic nitrogens is 2. The second-order valence-corrected chi connectivity index (χ2v) is 6.68. The molecule has 0 saturated carbocycles. The van der Waals surface area contributed by atoms with Gasteiger partial charge >= 0.3 is 6.18 Å². The van der Waals surface area contributed by atoms with Crippen LogP contribution in [0.3, 0.4) is 0 Å². The molecule has 0 atom stereocenters. The fraction of sp³-hybridized carbons (Fsp3) is 0.588. The van der Waals surface area contributed by atoms with E-state index in [2.05, 4.69) is 25.8 Å². The number of hydrogen-bond acceptors (Lipinski definition) is 5. The van der Waals surface area contributed by atoms with Crippen molar-refractivity contribution >= 4 is 41.3 Å². The van der Waals surface area contributed by atoms with Crippen molar-refractivity contribution in [3.63, 3.8) is 0 Å². The minimum absolute atomic E-state index is 0. The van der Waals surface area contributed by atoms with E-state index in [-0.39, 0.29) is 24.0 Å². The van der Waals surface area contributed by atoms with Crippen LogP contribution in [0.5, 0.6) is 0 Å². The highest BCUT2D eigenvalue weighted by Gasteiger charge is 2.33. The normalized spacial score (nSPS) is 12.0. The van der Waals surface area contributed by atoms with Crippen molar-refractivity contribution in [2.45, 2.75) is 52.8 Å². The van der Waals surface area contributed by atoms with Crippen molar-refractivity contribution in [2.24, 2.45) is 4.99 Å². The Labute approximate surface area is 183 Å². The first-order valence-corrected chi connectivity index (χ1v) is 9.77. The molecule has 28 heavy (non-hydrogen) atoms. The first-order chi connectivity index (χ1) is 12.9. The Balaban J connectivity index is 0.00000392. The van der Waals surface area contributed by atoms with Crippen LogP contribution in [-0.2, 0) is 32.0 Å². The van der Waals surface area contributed by atoms with Crippen molar-refractivity contribution in [1.29, 1.82) is 0 Å². The summed E-state index contributed by atoms with van der Waals surface area (Å²) >= 11 is 1.01. The Kier molecular flexibility index (Phi) is 10.2. The van der Waals surface area contributed by atoms with Crippen molar-refractivity contribution in [3.05, 3.63) is 33.1 Å². The van der Waals surface area contributed by atoms with Crippen LogP contribution in [0.1, 0.15) is 48.5 Å². The summed E-state index contributed by atoms with van der Waals surface area (Å²) in [5, 5.41) is 11.8. The molecular weight excluding hydrogens is 506 g/mol. The highest BCUT2D eigenvalue weighted by atomic mass is 127. The van der Waals surface area contributed by atoms with Gasteiger partial charge < -0.3 is 15.2 Å². The van der Waals surface area contributed by atoms with Crippen LogP contribution in [0.2, 0.25) is 0 Å². The Hall–Kier alpha value is -1.37. The second kappa shape index (κ2) is 11.6. The third-order valence-corrected chi connectivity index (χ3v) is 4.73. The van der Waals surface area contributed by atoms with Gasteiger partial charge in [-0.05, 0) is 13.3 Å². The fourth-order valence-corrected chi connectivity index (χ4v) is 3.27. The molecule has 0 fully saturated rings. The lowest BCUT2D eigenvalue weighted by Gasteiger charge is -2.10. The van der Waals surface area contributed by atoms with Gasteiger partial charge in [0.05, 0.1) is 17.2 Å². The SMILES string of the molecule is CCNC(=NCc1c(CC)noc1CC)NCCc1nc(C(F)(F)F)cs1.I. The second-order valence-electron chi connectivity index (χ2n) is 5.73. The molecule has 2 aromatic heterocycles. The van der Waals surface area contributed by atoms with Crippen molar-refractivity contribution in [3.8, 4) is 0 Å². The lowest BCUT2D eigenvalue weighted by Crippen LogP contribution is -2.38. The first-order valence-electron chi connectivity index (χ1n) is 8.89. The molecule has 0 saturated heterocycles. The number of hydrogen-bond donors (Lipinski definition) is 2. The van der Waals surface area contributed by atoms with Crippen LogP contribution in [0.15, 0.2) is 14.9 Å². The number of thiazole rings is 1. The zero-order valence-electron chi connectivity index (χ0n) is 16.0. The van der Waals surface area contributed by atoms with E-state index in [0.717, 1.165) is 46.6 Å². The Bertz CT molecular complexity index is 739. The number of aryl methyl sites for hydroxylation is 2. The smallest absolute Gasteiger partial charge is 0.361 e. The molecule has 0 aliphatic heterocycles. The average molecular weight is 531 g/mol. The summed E-state index contributed by atoms with van der Waals surface area (Å²) in [6.07, 6.45) is -2.50. The van der Waals surface area contributed by atoms with Crippen LogP contribution < -0.4 is 10.6 Å². The summed E-state index contributed by atoms with van der Waals surface area (Å²) in [6.45, 7) is 7.49. The van der Waals surface area contributed by atoms with E-state index in [9.17, 15) is 13.2 Å². The summed E-state index contributed by atoms with van der Waals surface area (Å²) in [5.41, 5.74) is 1.05. The fourth-order valence-electron chi connectivity index (χ4n) is 2.46. The van der Waals surface area contributed by atoms with Gasteiger partial charge in [-0.2, -0.15) is 13.2 Å². The minimum Gasteiger partial charge on any atom is -0.361 e. The molecule has 2 rings (SSSR count). The van der Waals surface area contributed by atoms with E-state index in [0.29, 0.717) is 37.0 Å². The number of alkyl halides is 3. The van der Waals surface area contributed by atoms with E-state index in [1.807, 2.05) is 20.8 Å². The Morgan fingerprint density at radius 1 is 1.21 bits per heavy atom. The number of nitrogens with one attached hydrogen (secondary N) is 2. The van der Waals surface area contributed by atoms with Crippen LogP contribution in [0.4, 0.5) is 13.2 Å². The maximum atomic E-state index is 12.6. The summed E-state index contributed by atoms with van der Waals surface area (Å²) in [5.74, 6) is 1.42. The number of rotatable bonds is 8. The minimum atomic E-state index is -4.40. The van der Waals surface area contributed by atoms with Crippen LogP contribution in [-0.4, -0.2) is 29.2 Å². The van der Waals surface area contributed by atoms with Gasteiger partial charge in [-0.3, -0.25) is 0 Å². The summed E-state index contributed by atoms with van der Waals surface area (Å²) < 4.78 is 43.1. The lowest BCUT2D eigenvalue weighted by atomic mass is 10.1. The van der Waals surface area contributed by atoms with Gasteiger partial charge in [0.15, 0.2) is 11.7 Å². The van der Waals surface area contributed by atoms with Gasteiger partial charge in [0, 0.05) is 36.9 Å². The number of halogens is 4. The van der Waals surface area contributed by atoms with E-state index >= 15 is 0 Å². The molecule has 2 aromatic rings. The third kappa shape index (κ3) is 6.90. The first kappa shape index (κ1) is 24.7. The molecule has 2 N–H and O–H groups in total.